The van der Waals surface area contributed by atoms with Crippen LogP contribution in [0.25, 0.3) is 0 Å². The monoisotopic (exact) mass is 389 g/mol. The van der Waals surface area contributed by atoms with Gasteiger partial charge in [0.1, 0.15) is 5.75 Å². The normalized spacial score (nSPS) is 13.2. The van der Waals surface area contributed by atoms with E-state index in [1.165, 1.54) is 11.1 Å². The second-order valence-electron chi connectivity index (χ2n) is 6.03. The molecule has 0 aliphatic rings. The van der Waals surface area contributed by atoms with Crippen molar-refractivity contribution >= 4 is 21.8 Å². The fraction of sp³-hybridized carbons (Fsp3) is 0.350. The van der Waals surface area contributed by atoms with E-state index < -0.39 is 6.10 Å². The summed E-state index contributed by atoms with van der Waals surface area (Å²) in [5.41, 5.74) is 3.62. The van der Waals surface area contributed by atoms with Crippen LogP contribution in [0.1, 0.15) is 43.0 Å². The maximum atomic E-state index is 12.5. The Morgan fingerprint density at radius 1 is 1.12 bits per heavy atom. The molecule has 1 N–H and O–H groups in total. The zero-order chi connectivity index (χ0) is 17.7. The predicted octanol–water partition coefficient (Wildman–Crippen LogP) is 5.10. The van der Waals surface area contributed by atoms with E-state index in [4.69, 9.17) is 4.74 Å². The van der Waals surface area contributed by atoms with Gasteiger partial charge >= 0.3 is 0 Å². The Bertz CT molecular complexity index is 697. The van der Waals surface area contributed by atoms with Gasteiger partial charge in [-0.2, -0.15) is 0 Å². The molecule has 0 bridgehead atoms. The maximum Gasteiger partial charge on any atom is 0.261 e. The molecule has 2 atom stereocenters. The third-order valence-corrected chi connectivity index (χ3v) is 4.68. The Morgan fingerprint density at radius 2 is 1.79 bits per heavy atom. The van der Waals surface area contributed by atoms with Gasteiger partial charge in [-0.1, -0.05) is 41.1 Å². The van der Waals surface area contributed by atoms with E-state index in [1.807, 2.05) is 24.3 Å². The van der Waals surface area contributed by atoms with E-state index in [1.54, 1.807) is 6.92 Å². The van der Waals surface area contributed by atoms with Crippen molar-refractivity contribution in [3.63, 3.8) is 0 Å². The lowest BCUT2D eigenvalue weighted by Crippen LogP contribution is -2.38. The van der Waals surface area contributed by atoms with Gasteiger partial charge in [-0.05, 0) is 68.1 Å². The summed E-state index contributed by atoms with van der Waals surface area (Å²) in [5.74, 6) is 0.572. The Morgan fingerprint density at radius 3 is 2.38 bits per heavy atom. The standard InChI is InChI=1S/C20H24BrNO2/c1-5-19(16-7-6-13(2)14(3)12-16)22-20(23)15(4)24-18-10-8-17(21)9-11-18/h6-12,15,19H,5H2,1-4H3,(H,22,23)/t15-,19+/m0/s1. The molecular formula is C20H24BrNO2. The number of aryl methyl sites for hydroxylation is 2. The number of halogens is 1. The minimum absolute atomic E-state index is 0.00670. The van der Waals surface area contributed by atoms with Crippen molar-refractivity contribution < 1.29 is 9.53 Å². The lowest BCUT2D eigenvalue weighted by molar-refractivity contribution is -0.128. The van der Waals surface area contributed by atoms with Crippen molar-refractivity contribution in [2.24, 2.45) is 0 Å². The molecule has 0 aromatic heterocycles. The molecule has 128 valence electrons. The topological polar surface area (TPSA) is 38.3 Å². The van der Waals surface area contributed by atoms with Crippen molar-refractivity contribution in [2.75, 3.05) is 0 Å². The van der Waals surface area contributed by atoms with Crippen molar-refractivity contribution in [3.8, 4) is 5.75 Å². The molecule has 0 unspecified atom stereocenters. The van der Waals surface area contributed by atoms with E-state index in [0.717, 1.165) is 16.5 Å². The van der Waals surface area contributed by atoms with Gasteiger partial charge in [0.05, 0.1) is 6.04 Å². The average molecular weight is 390 g/mol. The quantitative estimate of drug-likeness (QED) is 0.745. The summed E-state index contributed by atoms with van der Waals surface area (Å²) in [6.07, 6.45) is 0.283. The van der Waals surface area contributed by atoms with E-state index in [-0.39, 0.29) is 11.9 Å². The molecule has 3 nitrogen and oxygen atoms in total. The molecule has 2 aromatic rings. The molecule has 24 heavy (non-hydrogen) atoms. The molecule has 0 fully saturated rings. The number of rotatable bonds is 6. The third-order valence-electron chi connectivity index (χ3n) is 4.15. The van der Waals surface area contributed by atoms with Gasteiger partial charge in [0, 0.05) is 4.47 Å². The van der Waals surface area contributed by atoms with Crippen LogP contribution in [0.5, 0.6) is 5.75 Å². The van der Waals surface area contributed by atoms with Crippen molar-refractivity contribution in [3.05, 3.63) is 63.6 Å². The largest absolute Gasteiger partial charge is 0.481 e. The molecule has 0 spiro atoms. The van der Waals surface area contributed by atoms with Crippen LogP contribution < -0.4 is 10.1 Å². The average Bonchev–Trinajstić information content (AvgIpc) is 2.57. The second kappa shape index (κ2) is 8.34. The minimum Gasteiger partial charge on any atom is -0.481 e. The summed E-state index contributed by atoms with van der Waals surface area (Å²) in [5, 5.41) is 3.09. The Balaban J connectivity index is 2.02. The third kappa shape index (κ3) is 4.84. The highest BCUT2D eigenvalue weighted by molar-refractivity contribution is 9.10. The predicted molar refractivity (Wildman–Crippen MR) is 101 cm³/mol. The van der Waals surface area contributed by atoms with Gasteiger partial charge in [0.15, 0.2) is 6.10 Å². The lowest BCUT2D eigenvalue weighted by atomic mass is 9.99. The molecule has 2 rings (SSSR count). The number of carbonyl (C=O) groups excluding carboxylic acids is 1. The van der Waals surface area contributed by atoms with Gasteiger partial charge in [-0.3, -0.25) is 4.79 Å². The summed E-state index contributed by atoms with van der Waals surface area (Å²) < 4.78 is 6.70. The van der Waals surface area contributed by atoms with Gasteiger partial charge in [0.25, 0.3) is 5.91 Å². The molecule has 2 aromatic carbocycles. The van der Waals surface area contributed by atoms with Crippen molar-refractivity contribution in [2.45, 2.75) is 46.3 Å². The molecule has 1 amide bonds. The summed E-state index contributed by atoms with van der Waals surface area (Å²) in [6, 6.07) is 13.8. The SMILES string of the molecule is CC[C@@H](NC(=O)[C@H](C)Oc1ccc(Br)cc1)c1ccc(C)c(C)c1. The fourth-order valence-electron chi connectivity index (χ4n) is 2.46. The summed E-state index contributed by atoms with van der Waals surface area (Å²) in [7, 11) is 0. The first kappa shape index (κ1) is 18.5. The van der Waals surface area contributed by atoms with Crippen LogP contribution in [0.3, 0.4) is 0 Å². The van der Waals surface area contributed by atoms with Gasteiger partial charge < -0.3 is 10.1 Å². The summed E-state index contributed by atoms with van der Waals surface area (Å²) in [4.78, 5) is 12.5. The second-order valence-corrected chi connectivity index (χ2v) is 6.94. The van der Waals surface area contributed by atoms with Gasteiger partial charge in [-0.25, -0.2) is 0 Å². The molecule has 0 saturated carbocycles. The molecule has 4 heteroatoms. The van der Waals surface area contributed by atoms with E-state index in [9.17, 15) is 4.79 Å². The Kier molecular flexibility index (Phi) is 6.44. The number of amides is 1. The van der Waals surface area contributed by atoms with Crippen molar-refractivity contribution in [1.82, 2.24) is 5.32 Å². The number of carbonyl (C=O) groups is 1. The molecule has 0 aliphatic heterocycles. The zero-order valence-electron chi connectivity index (χ0n) is 14.6. The van der Waals surface area contributed by atoms with Crippen LogP contribution in [-0.2, 0) is 4.79 Å². The van der Waals surface area contributed by atoms with Crippen LogP contribution in [0.4, 0.5) is 0 Å². The lowest BCUT2D eigenvalue weighted by Gasteiger charge is -2.21. The molecular weight excluding hydrogens is 366 g/mol. The van der Waals surface area contributed by atoms with E-state index in [2.05, 4.69) is 60.2 Å². The van der Waals surface area contributed by atoms with E-state index in [0.29, 0.717) is 5.75 Å². The Labute approximate surface area is 152 Å². The zero-order valence-corrected chi connectivity index (χ0v) is 16.2. The molecule has 0 heterocycles. The summed E-state index contributed by atoms with van der Waals surface area (Å²) >= 11 is 3.38. The van der Waals surface area contributed by atoms with Crippen molar-refractivity contribution in [1.29, 1.82) is 0 Å². The number of nitrogens with one attached hydrogen (secondary N) is 1. The van der Waals surface area contributed by atoms with Crippen LogP contribution >= 0.6 is 15.9 Å². The van der Waals surface area contributed by atoms with Crippen LogP contribution in [0.2, 0.25) is 0 Å². The fourth-order valence-corrected chi connectivity index (χ4v) is 2.73. The van der Waals surface area contributed by atoms with Gasteiger partial charge in [0.2, 0.25) is 0 Å². The number of benzene rings is 2. The number of hydrogen-bond donors (Lipinski definition) is 1. The Hall–Kier alpha value is -1.81. The van der Waals surface area contributed by atoms with Gasteiger partial charge in [-0.15, -0.1) is 0 Å². The maximum absolute atomic E-state index is 12.5. The first-order valence-corrected chi connectivity index (χ1v) is 8.99. The minimum atomic E-state index is -0.549. The van der Waals surface area contributed by atoms with Crippen LogP contribution in [0.15, 0.2) is 46.9 Å². The van der Waals surface area contributed by atoms with E-state index >= 15 is 0 Å². The molecule has 0 aliphatic carbocycles. The highest BCUT2D eigenvalue weighted by atomic mass is 79.9. The molecule has 0 radical (unpaired) electrons. The number of ether oxygens (including phenoxy) is 1. The summed E-state index contributed by atoms with van der Waals surface area (Å²) in [6.45, 7) is 8.02. The number of hydrogen-bond acceptors (Lipinski definition) is 2. The first-order valence-electron chi connectivity index (χ1n) is 8.20. The highest BCUT2D eigenvalue weighted by Gasteiger charge is 2.19. The molecule has 0 saturated heterocycles. The first-order chi connectivity index (χ1) is 11.4. The van der Waals surface area contributed by atoms with Crippen LogP contribution in [-0.4, -0.2) is 12.0 Å². The highest BCUT2D eigenvalue weighted by Crippen LogP contribution is 2.21. The van der Waals surface area contributed by atoms with Crippen LogP contribution in [0, 0.1) is 13.8 Å². The smallest absolute Gasteiger partial charge is 0.261 e.